The van der Waals surface area contributed by atoms with Gasteiger partial charge in [-0.25, -0.2) is 4.98 Å². The Labute approximate surface area is 93.4 Å². The number of hydrogen-bond donors (Lipinski definition) is 1. The SMILES string of the molecule is COc1ncc(Cl)c(N2CCNCC2)n1. The maximum Gasteiger partial charge on any atom is 0.318 e. The Morgan fingerprint density at radius 3 is 2.87 bits per heavy atom. The quantitative estimate of drug-likeness (QED) is 0.801. The van der Waals surface area contributed by atoms with E-state index in [1.165, 1.54) is 0 Å². The number of hydrogen-bond acceptors (Lipinski definition) is 5. The summed E-state index contributed by atoms with van der Waals surface area (Å²) in [7, 11) is 1.55. The highest BCUT2D eigenvalue weighted by Gasteiger charge is 2.16. The van der Waals surface area contributed by atoms with Gasteiger partial charge in [0.05, 0.1) is 13.3 Å². The van der Waals surface area contributed by atoms with E-state index in [1.807, 2.05) is 0 Å². The molecule has 0 radical (unpaired) electrons. The summed E-state index contributed by atoms with van der Waals surface area (Å²) in [6.07, 6.45) is 1.57. The lowest BCUT2D eigenvalue weighted by Gasteiger charge is -2.28. The molecule has 1 fully saturated rings. The Balaban J connectivity index is 2.24. The fraction of sp³-hybridized carbons (Fsp3) is 0.556. The molecule has 15 heavy (non-hydrogen) atoms. The van der Waals surface area contributed by atoms with Crippen LogP contribution in [0.1, 0.15) is 0 Å². The molecule has 0 aliphatic carbocycles. The Morgan fingerprint density at radius 2 is 2.20 bits per heavy atom. The van der Waals surface area contributed by atoms with Gasteiger partial charge in [0.1, 0.15) is 5.02 Å². The minimum absolute atomic E-state index is 0.355. The van der Waals surface area contributed by atoms with Crippen LogP contribution >= 0.6 is 11.6 Å². The summed E-state index contributed by atoms with van der Waals surface area (Å²) in [6, 6.07) is 0.355. The molecule has 1 aromatic rings. The molecule has 1 aliphatic rings. The molecular formula is C9H13ClN4O. The van der Waals surface area contributed by atoms with Gasteiger partial charge in [-0.15, -0.1) is 0 Å². The summed E-state index contributed by atoms with van der Waals surface area (Å²) in [6.45, 7) is 3.70. The third-order valence-electron chi connectivity index (χ3n) is 2.30. The molecule has 6 heteroatoms. The molecule has 0 spiro atoms. The number of anilines is 1. The van der Waals surface area contributed by atoms with Gasteiger partial charge in [0, 0.05) is 26.2 Å². The van der Waals surface area contributed by atoms with Crippen LogP contribution in [0.25, 0.3) is 0 Å². The number of rotatable bonds is 2. The second-order valence-corrected chi connectivity index (χ2v) is 3.67. The van der Waals surface area contributed by atoms with Crippen molar-refractivity contribution in [2.24, 2.45) is 0 Å². The van der Waals surface area contributed by atoms with Crippen molar-refractivity contribution in [2.75, 3.05) is 38.2 Å². The summed E-state index contributed by atoms with van der Waals surface area (Å²) in [5.74, 6) is 0.755. The number of aromatic nitrogens is 2. The second-order valence-electron chi connectivity index (χ2n) is 3.27. The van der Waals surface area contributed by atoms with Crippen LogP contribution in [0.3, 0.4) is 0 Å². The van der Waals surface area contributed by atoms with Crippen molar-refractivity contribution < 1.29 is 4.74 Å². The van der Waals surface area contributed by atoms with Crippen LogP contribution in [-0.2, 0) is 0 Å². The summed E-state index contributed by atoms with van der Waals surface area (Å²) < 4.78 is 4.98. The molecule has 0 bridgehead atoms. The largest absolute Gasteiger partial charge is 0.467 e. The summed E-state index contributed by atoms with van der Waals surface area (Å²) in [4.78, 5) is 10.3. The minimum Gasteiger partial charge on any atom is -0.467 e. The zero-order valence-corrected chi connectivity index (χ0v) is 9.29. The van der Waals surface area contributed by atoms with E-state index in [-0.39, 0.29) is 0 Å². The average molecular weight is 229 g/mol. The molecule has 0 saturated carbocycles. The van der Waals surface area contributed by atoms with Crippen molar-refractivity contribution in [3.05, 3.63) is 11.2 Å². The maximum atomic E-state index is 6.04. The van der Waals surface area contributed by atoms with E-state index in [0.717, 1.165) is 32.0 Å². The van der Waals surface area contributed by atoms with E-state index in [9.17, 15) is 0 Å². The van der Waals surface area contributed by atoms with Crippen molar-refractivity contribution in [2.45, 2.75) is 0 Å². The highest BCUT2D eigenvalue weighted by molar-refractivity contribution is 6.32. The molecule has 5 nitrogen and oxygen atoms in total. The van der Waals surface area contributed by atoms with Crippen molar-refractivity contribution >= 4 is 17.4 Å². The van der Waals surface area contributed by atoms with Gasteiger partial charge in [-0.3, -0.25) is 0 Å². The van der Waals surface area contributed by atoms with Crippen LogP contribution in [0.2, 0.25) is 5.02 Å². The van der Waals surface area contributed by atoms with Gasteiger partial charge in [0.25, 0.3) is 0 Å². The predicted molar refractivity (Wildman–Crippen MR) is 58.7 cm³/mol. The first-order chi connectivity index (χ1) is 7.31. The average Bonchev–Trinajstić information content (AvgIpc) is 2.31. The molecule has 1 aromatic heterocycles. The van der Waals surface area contributed by atoms with Gasteiger partial charge in [0.2, 0.25) is 0 Å². The zero-order chi connectivity index (χ0) is 10.7. The van der Waals surface area contributed by atoms with E-state index in [0.29, 0.717) is 11.0 Å². The first-order valence-electron chi connectivity index (χ1n) is 4.83. The van der Waals surface area contributed by atoms with Crippen LogP contribution in [-0.4, -0.2) is 43.3 Å². The fourth-order valence-electron chi connectivity index (χ4n) is 1.54. The molecular weight excluding hydrogens is 216 g/mol. The van der Waals surface area contributed by atoms with Crippen molar-refractivity contribution in [1.82, 2.24) is 15.3 Å². The second kappa shape index (κ2) is 4.63. The molecule has 0 unspecified atom stereocenters. The molecule has 1 saturated heterocycles. The lowest BCUT2D eigenvalue weighted by molar-refractivity contribution is 0.379. The molecule has 0 aromatic carbocycles. The molecule has 1 aliphatic heterocycles. The lowest BCUT2D eigenvalue weighted by atomic mass is 10.3. The highest BCUT2D eigenvalue weighted by Crippen LogP contribution is 2.24. The van der Waals surface area contributed by atoms with Gasteiger partial charge >= 0.3 is 6.01 Å². The van der Waals surface area contributed by atoms with Crippen molar-refractivity contribution in [3.63, 3.8) is 0 Å². The number of nitrogens with zero attached hydrogens (tertiary/aromatic N) is 3. The minimum atomic E-state index is 0.355. The fourth-order valence-corrected chi connectivity index (χ4v) is 1.75. The van der Waals surface area contributed by atoms with Crippen LogP contribution in [0.5, 0.6) is 6.01 Å². The topological polar surface area (TPSA) is 50.3 Å². The van der Waals surface area contributed by atoms with Crippen LogP contribution in [0.4, 0.5) is 5.82 Å². The molecule has 82 valence electrons. The number of piperazine rings is 1. The first-order valence-corrected chi connectivity index (χ1v) is 5.21. The Kier molecular flexibility index (Phi) is 3.23. The van der Waals surface area contributed by atoms with E-state index in [1.54, 1.807) is 13.3 Å². The molecule has 2 rings (SSSR count). The van der Waals surface area contributed by atoms with E-state index >= 15 is 0 Å². The monoisotopic (exact) mass is 228 g/mol. The van der Waals surface area contributed by atoms with Crippen LogP contribution < -0.4 is 15.0 Å². The smallest absolute Gasteiger partial charge is 0.318 e. The normalized spacial score (nSPS) is 16.5. The third-order valence-corrected chi connectivity index (χ3v) is 2.57. The van der Waals surface area contributed by atoms with Crippen molar-refractivity contribution in [1.29, 1.82) is 0 Å². The van der Waals surface area contributed by atoms with Crippen LogP contribution in [0, 0.1) is 0 Å². The lowest BCUT2D eigenvalue weighted by Crippen LogP contribution is -2.44. The van der Waals surface area contributed by atoms with Crippen LogP contribution in [0.15, 0.2) is 6.20 Å². The predicted octanol–water partition coefficient (Wildman–Crippen LogP) is 0.548. The Bertz CT molecular complexity index is 341. The van der Waals surface area contributed by atoms with Gasteiger partial charge < -0.3 is 15.0 Å². The summed E-state index contributed by atoms with van der Waals surface area (Å²) in [5, 5.41) is 3.84. The first kappa shape index (κ1) is 10.4. The van der Waals surface area contributed by atoms with E-state index in [4.69, 9.17) is 16.3 Å². The molecule has 0 atom stereocenters. The Hall–Kier alpha value is -1.07. The van der Waals surface area contributed by atoms with Crippen molar-refractivity contribution in [3.8, 4) is 6.01 Å². The van der Waals surface area contributed by atoms with Gasteiger partial charge in [0.15, 0.2) is 5.82 Å². The maximum absolute atomic E-state index is 6.04. The number of nitrogens with one attached hydrogen (secondary N) is 1. The molecule has 0 amide bonds. The summed E-state index contributed by atoms with van der Waals surface area (Å²) >= 11 is 6.04. The number of ether oxygens (including phenoxy) is 1. The number of halogens is 1. The number of methoxy groups -OCH3 is 1. The van der Waals surface area contributed by atoms with E-state index < -0.39 is 0 Å². The van der Waals surface area contributed by atoms with Gasteiger partial charge in [-0.1, -0.05) is 11.6 Å². The third kappa shape index (κ3) is 2.30. The molecule has 2 heterocycles. The zero-order valence-electron chi connectivity index (χ0n) is 8.53. The van der Waals surface area contributed by atoms with E-state index in [2.05, 4.69) is 20.2 Å². The molecule has 1 N–H and O–H groups in total. The Morgan fingerprint density at radius 1 is 1.47 bits per heavy atom. The van der Waals surface area contributed by atoms with Gasteiger partial charge in [-0.05, 0) is 0 Å². The highest BCUT2D eigenvalue weighted by atomic mass is 35.5. The standard InChI is InChI=1S/C9H13ClN4O/c1-15-9-12-6-7(10)8(13-9)14-4-2-11-3-5-14/h6,11H,2-5H2,1H3. The van der Waals surface area contributed by atoms with Gasteiger partial charge in [-0.2, -0.15) is 4.98 Å². The summed E-state index contributed by atoms with van der Waals surface area (Å²) in [5.41, 5.74) is 0.